The molecule has 1 aromatic carbocycles. The van der Waals surface area contributed by atoms with Crippen LogP contribution >= 0.6 is 0 Å². The Morgan fingerprint density at radius 2 is 2.00 bits per heavy atom. The maximum absolute atomic E-state index is 13.9. The maximum atomic E-state index is 13.9. The fourth-order valence-corrected chi connectivity index (χ4v) is 1.68. The van der Waals surface area contributed by atoms with Crippen molar-refractivity contribution in [3.05, 3.63) is 29.6 Å². The van der Waals surface area contributed by atoms with Crippen molar-refractivity contribution >= 4 is 0 Å². The topological polar surface area (TPSA) is 30.5 Å². The summed E-state index contributed by atoms with van der Waals surface area (Å²) in [6.07, 6.45) is 0.664. The normalized spacial score (nSPS) is 12.7. The van der Waals surface area contributed by atoms with Crippen LogP contribution in [0, 0.1) is 5.82 Å². The van der Waals surface area contributed by atoms with Crippen LogP contribution in [0.15, 0.2) is 18.2 Å². The predicted octanol–water partition coefficient (Wildman–Crippen LogP) is 3.13. The lowest BCUT2D eigenvalue weighted by molar-refractivity contribution is 0.131. The van der Waals surface area contributed by atoms with Gasteiger partial charge in [0.2, 0.25) is 0 Å². The minimum absolute atomic E-state index is 0.0744. The van der Waals surface area contributed by atoms with Crippen molar-refractivity contribution in [2.75, 3.05) is 13.7 Å². The van der Waals surface area contributed by atoms with Crippen LogP contribution in [-0.2, 0) is 11.3 Å². The first-order valence-corrected chi connectivity index (χ1v) is 6.71. The molecule has 0 fully saturated rings. The van der Waals surface area contributed by atoms with E-state index in [1.807, 2.05) is 13.0 Å². The summed E-state index contributed by atoms with van der Waals surface area (Å²) in [5, 5.41) is 3.27. The molecule has 0 saturated heterocycles. The summed E-state index contributed by atoms with van der Waals surface area (Å²) in [6.45, 7) is 7.24. The van der Waals surface area contributed by atoms with Gasteiger partial charge in [-0.3, -0.25) is 0 Å². The molecule has 0 spiro atoms. The quantitative estimate of drug-likeness (QED) is 0.786. The van der Waals surface area contributed by atoms with Gasteiger partial charge in [-0.2, -0.15) is 0 Å². The van der Waals surface area contributed by atoms with E-state index in [0.29, 0.717) is 24.9 Å². The number of hydrogen-bond donors (Lipinski definition) is 1. The van der Waals surface area contributed by atoms with Crippen LogP contribution in [-0.4, -0.2) is 25.9 Å². The van der Waals surface area contributed by atoms with Gasteiger partial charge < -0.3 is 14.8 Å². The third-order valence-electron chi connectivity index (χ3n) is 2.80. The molecule has 1 rings (SSSR count). The molecule has 0 radical (unpaired) electrons. The molecule has 0 aliphatic carbocycles. The highest BCUT2D eigenvalue weighted by Gasteiger charge is 2.13. The van der Waals surface area contributed by atoms with Gasteiger partial charge in [0.1, 0.15) is 0 Å². The Hall–Kier alpha value is -1.13. The van der Waals surface area contributed by atoms with Gasteiger partial charge in [0.25, 0.3) is 0 Å². The molecule has 19 heavy (non-hydrogen) atoms. The lowest BCUT2D eigenvalue weighted by Crippen LogP contribution is -2.23. The largest absolute Gasteiger partial charge is 0.487 e. The second-order valence-electron chi connectivity index (χ2n) is 4.97. The van der Waals surface area contributed by atoms with Crippen LogP contribution in [0.5, 0.6) is 5.75 Å². The number of nitrogens with one attached hydrogen (secondary N) is 1. The maximum Gasteiger partial charge on any atom is 0.165 e. The molecule has 0 amide bonds. The first-order chi connectivity index (χ1) is 9.04. The number of halogens is 1. The molecule has 4 heteroatoms. The minimum atomic E-state index is -0.313. The van der Waals surface area contributed by atoms with Gasteiger partial charge in [0, 0.05) is 38.3 Å². The van der Waals surface area contributed by atoms with Crippen molar-refractivity contribution in [2.24, 2.45) is 0 Å². The first-order valence-electron chi connectivity index (χ1n) is 6.71. The average Bonchev–Trinajstić information content (AvgIpc) is 2.37. The molecule has 1 aromatic rings. The second-order valence-corrected chi connectivity index (χ2v) is 4.97. The van der Waals surface area contributed by atoms with Crippen molar-refractivity contribution in [3.63, 3.8) is 0 Å². The zero-order valence-corrected chi connectivity index (χ0v) is 12.2. The third-order valence-corrected chi connectivity index (χ3v) is 2.80. The van der Waals surface area contributed by atoms with Crippen molar-refractivity contribution in [1.82, 2.24) is 5.32 Å². The molecule has 108 valence electrons. The zero-order valence-electron chi connectivity index (χ0n) is 12.2. The Labute approximate surface area is 115 Å². The molecular weight excluding hydrogens is 245 g/mol. The molecule has 0 aromatic heterocycles. The van der Waals surface area contributed by atoms with Crippen LogP contribution in [0.4, 0.5) is 4.39 Å². The van der Waals surface area contributed by atoms with Gasteiger partial charge in [-0.15, -0.1) is 0 Å². The molecule has 0 aliphatic heterocycles. The van der Waals surface area contributed by atoms with E-state index in [9.17, 15) is 4.39 Å². The Morgan fingerprint density at radius 1 is 1.26 bits per heavy atom. The van der Waals surface area contributed by atoms with E-state index in [1.165, 1.54) is 6.07 Å². The van der Waals surface area contributed by atoms with Gasteiger partial charge in [-0.05, 0) is 13.0 Å². The van der Waals surface area contributed by atoms with Crippen molar-refractivity contribution in [2.45, 2.75) is 45.9 Å². The zero-order chi connectivity index (χ0) is 14.3. The lowest BCUT2D eigenvalue weighted by Gasteiger charge is -2.18. The predicted molar refractivity (Wildman–Crippen MR) is 75.0 cm³/mol. The average molecular weight is 269 g/mol. The van der Waals surface area contributed by atoms with Crippen molar-refractivity contribution in [3.8, 4) is 5.75 Å². The summed E-state index contributed by atoms with van der Waals surface area (Å²) in [6, 6.07) is 5.37. The minimum Gasteiger partial charge on any atom is -0.487 e. The lowest BCUT2D eigenvalue weighted by atomic mass is 10.1. The molecule has 0 saturated carbocycles. The van der Waals surface area contributed by atoms with Gasteiger partial charge in [0.15, 0.2) is 11.6 Å². The molecule has 1 N–H and O–H groups in total. The number of benzene rings is 1. The van der Waals surface area contributed by atoms with E-state index in [0.717, 1.165) is 12.0 Å². The summed E-state index contributed by atoms with van der Waals surface area (Å²) < 4.78 is 24.6. The number of para-hydroxylation sites is 1. The fourth-order valence-electron chi connectivity index (χ4n) is 1.68. The SMILES string of the molecule is COCCC(C)Oc1c(F)cccc1CNC(C)C. The molecular formula is C15H24FNO2. The monoisotopic (exact) mass is 269 g/mol. The van der Waals surface area contributed by atoms with E-state index in [-0.39, 0.29) is 11.9 Å². The highest BCUT2D eigenvalue weighted by molar-refractivity contribution is 5.35. The Bertz CT molecular complexity index is 382. The summed E-state index contributed by atoms with van der Waals surface area (Å²) in [4.78, 5) is 0. The second kappa shape index (κ2) is 8.12. The van der Waals surface area contributed by atoms with Gasteiger partial charge in [-0.25, -0.2) is 4.39 Å². The highest BCUT2D eigenvalue weighted by Crippen LogP contribution is 2.24. The van der Waals surface area contributed by atoms with Crippen LogP contribution in [0.1, 0.15) is 32.8 Å². The summed E-state index contributed by atoms with van der Waals surface area (Å²) >= 11 is 0. The third kappa shape index (κ3) is 5.57. The Morgan fingerprint density at radius 3 is 2.63 bits per heavy atom. The molecule has 1 unspecified atom stereocenters. The molecule has 0 heterocycles. The van der Waals surface area contributed by atoms with Crippen LogP contribution in [0.2, 0.25) is 0 Å². The first kappa shape index (κ1) is 15.9. The standard InChI is InChI=1S/C15H24FNO2/c1-11(2)17-10-13-6-5-7-14(16)15(13)19-12(3)8-9-18-4/h5-7,11-12,17H,8-10H2,1-4H3. The van der Waals surface area contributed by atoms with E-state index < -0.39 is 0 Å². The fraction of sp³-hybridized carbons (Fsp3) is 0.600. The molecule has 3 nitrogen and oxygen atoms in total. The molecule has 0 bridgehead atoms. The summed E-state index contributed by atoms with van der Waals surface area (Å²) in [5.74, 6) is 0.0339. The van der Waals surface area contributed by atoms with Gasteiger partial charge in [0.05, 0.1) is 6.10 Å². The summed E-state index contributed by atoms with van der Waals surface area (Å²) in [7, 11) is 1.65. The number of hydrogen-bond acceptors (Lipinski definition) is 3. The smallest absolute Gasteiger partial charge is 0.165 e. The van der Waals surface area contributed by atoms with E-state index in [4.69, 9.17) is 9.47 Å². The van der Waals surface area contributed by atoms with Crippen molar-refractivity contribution in [1.29, 1.82) is 0 Å². The number of ether oxygens (including phenoxy) is 2. The van der Waals surface area contributed by atoms with Crippen LogP contribution < -0.4 is 10.1 Å². The summed E-state index contributed by atoms with van der Waals surface area (Å²) in [5.41, 5.74) is 0.845. The Balaban J connectivity index is 2.73. The van der Waals surface area contributed by atoms with Crippen LogP contribution in [0.25, 0.3) is 0 Å². The van der Waals surface area contributed by atoms with E-state index in [1.54, 1.807) is 13.2 Å². The van der Waals surface area contributed by atoms with Gasteiger partial charge >= 0.3 is 0 Å². The Kier molecular flexibility index (Phi) is 6.81. The molecule has 0 aliphatic rings. The van der Waals surface area contributed by atoms with Gasteiger partial charge in [-0.1, -0.05) is 26.0 Å². The van der Waals surface area contributed by atoms with E-state index >= 15 is 0 Å². The van der Waals surface area contributed by atoms with E-state index in [2.05, 4.69) is 19.2 Å². The number of rotatable bonds is 8. The van der Waals surface area contributed by atoms with Crippen LogP contribution in [0.3, 0.4) is 0 Å². The number of methoxy groups -OCH3 is 1. The van der Waals surface area contributed by atoms with Crippen molar-refractivity contribution < 1.29 is 13.9 Å². The highest BCUT2D eigenvalue weighted by atomic mass is 19.1. The molecule has 1 atom stereocenters.